The van der Waals surface area contributed by atoms with E-state index in [1.54, 1.807) is 12.2 Å². The fraction of sp³-hybridized carbons (Fsp3) is 0.455. The van der Waals surface area contributed by atoms with Crippen molar-refractivity contribution in [3.63, 3.8) is 0 Å². The van der Waals surface area contributed by atoms with Crippen molar-refractivity contribution in [3.8, 4) is 0 Å². The van der Waals surface area contributed by atoms with E-state index in [-0.39, 0.29) is 5.92 Å². The summed E-state index contributed by atoms with van der Waals surface area (Å²) in [6, 6.07) is 0. The van der Waals surface area contributed by atoms with E-state index in [0.29, 0.717) is 17.0 Å². The van der Waals surface area contributed by atoms with Crippen LogP contribution in [0.1, 0.15) is 26.2 Å². The molecule has 5 nitrogen and oxygen atoms in total. The summed E-state index contributed by atoms with van der Waals surface area (Å²) in [5, 5.41) is 20.5. The highest BCUT2D eigenvalue weighted by Crippen LogP contribution is 2.31. The van der Waals surface area contributed by atoms with Gasteiger partial charge in [-0.25, -0.2) is 4.79 Å². The van der Waals surface area contributed by atoms with Gasteiger partial charge in [0.25, 0.3) is 0 Å². The van der Waals surface area contributed by atoms with Gasteiger partial charge in [0.1, 0.15) is 11.4 Å². The number of rotatable bonds is 4. The van der Waals surface area contributed by atoms with Crippen LogP contribution in [0.15, 0.2) is 38.9 Å². The maximum Gasteiger partial charge on any atom is 0.332 e. The normalized spacial score (nSPS) is 22.3. The number of nitrogens with zero attached hydrogens (tertiary/aromatic N) is 3. The van der Waals surface area contributed by atoms with Crippen LogP contribution in [0.2, 0.25) is 0 Å². The molecular formula is C11H13N3O2. The van der Waals surface area contributed by atoms with E-state index < -0.39 is 5.97 Å². The highest BCUT2D eigenvalue weighted by atomic mass is 16.4. The van der Waals surface area contributed by atoms with Gasteiger partial charge in [0.05, 0.1) is 0 Å². The number of carbonyl (C=O) groups is 1. The lowest BCUT2D eigenvalue weighted by Gasteiger charge is -2.19. The summed E-state index contributed by atoms with van der Waals surface area (Å²) in [6.07, 6.45) is 6.07. The molecule has 84 valence electrons. The second kappa shape index (κ2) is 4.38. The Morgan fingerprint density at radius 1 is 1.50 bits per heavy atom. The molecule has 2 rings (SSSR count). The highest BCUT2D eigenvalue weighted by molar-refractivity contribution is 6.10. The number of aliphatic carboxylic acids is 1. The van der Waals surface area contributed by atoms with Gasteiger partial charge in [-0.3, -0.25) is 0 Å². The number of allylic oxidation sites excluding steroid dienone is 3. The molecule has 5 heteroatoms. The van der Waals surface area contributed by atoms with E-state index in [4.69, 9.17) is 5.11 Å². The van der Waals surface area contributed by atoms with E-state index >= 15 is 0 Å². The van der Waals surface area contributed by atoms with Gasteiger partial charge in [0.15, 0.2) is 0 Å². The van der Waals surface area contributed by atoms with Crippen molar-refractivity contribution in [2.24, 2.45) is 21.4 Å². The molecule has 0 saturated heterocycles. The third kappa shape index (κ3) is 1.80. The van der Waals surface area contributed by atoms with Gasteiger partial charge >= 0.3 is 5.97 Å². The zero-order valence-electron chi connectivity index (χ0n) is 9.05. The minimum Gasteiger partial charge on any atom is -0.478 e. The predicted octanol–water partition coefficient (Wildman–Crippen LogP) is 2.52. The van der Waals surface area contributed by atoms with Crippen LogP contribution >= 0.6 is 0 Å². The maximum absolute atomic E-state index is 11.1. The number of fused-ring (bicyclic) bond motifs is 1. The smallest absolute Gasteiger partial charge is 0.332 e. The fourth-order valence-electron chi connectivity index (χ4n) is 1.94. The topological polar surface area (TPSA) is 74.4 Å². The first-order valence-electron chi connectivity index (χ1n) is 5.38. The Morgan fingerprint density at radius 2 is 2.31 bits per heavy atom. The van der Waals surface area contributed by atoms with E-state index in [2.05, 4.69) is 22.4 Å². The largest absolute Gasteiger partial charge is 0.478 e. The Balaban J connectivity index is 2.27. The third-order valence-electron chi connectivity index (χ3n) is 2.79. The standard InChI is InChI=1S/C11H13N3O2/c1-2-3-4-7-8(11(15)16)5-6-9-10(7)13-14-12-9/h5-7H,2-4H2,1H3,(H,15,16). The molecule has 1 unspecified atom stereocenters. The van der Waals surface area contributed by atoms with Crippen molar-refractivity contribution in [2.45, 2.75) is 26.2 Å². The van der Waals surface area contributed by atoms with Gasteiger partial charge in [0.2, 0.25) is 0 Å². The molecule has 0 aromatic heterocycles. The van der Waals surface area contributed by atoms with Crippen LogP contribution in [-0.2, 0) is 4.79 Å². The molecule has 0 aromatic carbocycles. The van der Waals surface area contributed by atoms with Gasteiger partial charge in [-0.05, 0) is 23.8 Å². The molecule has 0 fully saturated rings. The van der Waals surface area contributed by atoms with Crippen LogP contribution in [-0.4, -0.2) is 16.8 Å². The first-order valence-corrected chi connectivity index (χ1v) is 5.38. The molecule has 16 heavy (non-hydrogen) atoms. The summed E-state index contributed by atoms with van der Waals surface area (Å²) in [4.78, 5) is 11.1. The van der Waals surface area contributed by atoms with E-state index in [1.165, 1.54) is 0 Å². The predicted molar refractivity (Wildman–Crippen MR) is 59.1 cm³/mol. The zero-order valence-corrected chi connectivity index (χ0v) is 9.05. The summed E-state index contributed by atoms with van der Waals surface area (Å²) >= 11 is 0. The highest BCUT2D eigenvalue weighted by Gasteiger charge is 2.31. The average Bonchev–Trinajstić information content (AvgIpc) is 2.73. The molecular weight excluding hydrogens is 206 g/mol. The first-order chi connectivity index (χ1) is 7.74. The van der Waals surface area contributed by atoms with Crippen molar-refractivity contribution in [1.82, 2.24) is 0 Å². The maximum atomic E-state index is 11.1. The fourth-order valence-corrected chi connectivity index (χ4v) is 1.94. The first kappa shape index (κ1) is 10.7. The SMILES string of the molecule is CCCCC1C(C(=O)O)=CC=C2N=NN=C21. The van der Waals surface area contributed by atoms with Crippen LogP contribution in [0.4, 0.5) is 0 Å². The summed E-state index contributed by atoms with van der Waals surface area (Å²) in [6.45, 7) is 2.08. The lowest BCUT2D eigenvalue weighted by molar-refractivity contribution is -0.133. The number of unbranched alkanes of at least 4 members (excludes halogenated alkanes) is 1. The molecule has 0 aromatic rings. The molecule has 2 aliphatic rings. The monoisotopic (exact) mass is 219 g/mol. The number of hydrogen-bond donors (Lipinski definition) is 1. The molecule has 0 bridgehead atoms. The van der Waals surface area contributed by atoms with Gasteiger partial charge in [-0.1, -0.05) is 19.8 Å². The van der Waals surface area contributed by atoms with E-state index in [0.717, 1.165) is 19.3 Å². The minimum absolute atomic E-state index is 0.160. The third-order valence-corrected chi connectivity index (χ3v) is 2.79. The van der Waals surface area contributed by atoms with Crippen molar-refractivity contribution >= 4 is 11.7 Å². The summed E-state index contributed by atoms with van der Waals surface area (Å²) < 4.78 is 0. The lowest BCUT2D eigenvalue weighted by atomic mass is 9.84. The number of hydrogen-bond acceptors (Lipinski definition) is 4. The molecule has 1 aliphatic heterocycles. The number of carboxylic acids is 1. The molecule has 0 amide bonds. The van der Waals surface area contributed by atoms with Crippen LogP contribution in [0.3, 0.4) is 0 Å². The Bertz CT molecular complexity index is 433. The quantitative estimate of drug-likeness (QED) is 0.788. The Morgan fingerprint density at radius 3 is 3.00 bits per heavy atom. The minimum atomic E-state index is -0.883. The molecule has 1 heterocycles. The van der Waals surface area contributed by atoms with Gasteiger partial charge in [0, 0.05) is 11.5 Å². The Hall–Kier alpha value is -1.78. The Kier molecular flexibility index (Phi) is 2.94. The molecule has 0 radical (unpaired) electrons. The van der Waals surface area contributed by atoms with E-state index in [1.807, 2.05) is 0 Å². The van der Waals surface area contributed by atoms with Crippen LogP contribution in [0.5, 0.6) is 0 Å². The summed E-state index contributed by atoms with van der Waals surface area (Å²) in [5.74, 6) is -1.04. The van der Waals surface area contributed by atoms with Crippen molar-refractivity contribution in [3.05, 3.63) is 23.4 Å². The van der Waals surface area contributed by atoms with Crippen LogP contribution < -0.4 is 0 Å². The Labute approximate surface area is 93.3 Å². The van der Waals surface area contributed by atoms with Gasteiger partial charge < -0.3 is 5.11 Å². The second-order valence-corrected chi connectivity index (χ2v) is 3.85. The molecule has 1 N–H and O–H groups in total. The van der Waals surface area contributed by atoms with Crippen LogP contribution in [0, 0.1) is 5.92 Å². The van der Waals surface area contributed by atoms with Crippen LogP contribution in [0.25, 0.3) is 0 Å². The molecule has 1 aliphatic carbocycles. The van der Waals surface area contributed by atoms with Crippen molar-refractivity contribution in [2.75, 3.05) is 0 Å². The second-order valence-electron chi connectivity index (χ2n) is 3.85. The van der Waals surface area contributed by atoms with Gasteiger partial charge in [-0.15, -0.1) is 10.2 Å². The molecule has 0 spiro atoms. The summed E-state index contributed by atoms with van der Waals surface area (Å²) in [5.41, 5.74) is 1.79. The molecule has 0 saturated carbocycles. The lowest BCUT2D eigenvalue weighted by Crippen LogP contribution is -2.24. The van der Waals surface area contributed by atoms with Crippen molar-refractivity contribution in [1.29, 1.82) is 0 Å². The summed E-state index contributed by atoms with van der Waals surface area (Å²) in [7, 11) is 0. The average molecular weight is 219 g/mol. The molecule has 1 atom stereocenters. The number of carboxylic acid groups (broad SMARTS) is 1. The van der Waals surface area contributed by atoms with Gasteiger partial charge in [-0.2, -0.15) is 0 Å². The zero-order chi connectivity index (χ0) is 11.5. The van der Waals surface area contributed by atoms with Crippen molar-refractivity contribution < 1.29 is 9.90 Å². The van der Waals surface area contributed by atoms with E-state index in [9.17, 15) is 4.79 Å².